The lowest BCUT2D eigenvalue weighted by molar-refractivity contribution is 0.0627. The fourth-order valence-corrected chi connectivity index (χ4v) is 5.04. The van der Waals surface area contributed by atoms with Crippen LogP contribution in [0.25, 0.3) is 15.5 Å². The molecule has 0 saturated carbocycles. The molecule has 9 heteroatoms. The van der Waals surface area contributed by atoms with Crippen LogP contribution in [0, 0.1) is 6.92 Å². The van der Waals surface area contributed by atoms with Crippen LogP contribution in [-0.2, 0) is 6.54 Å². The van der Waals surface area contributed by atoms with E-state index in [1.54, 1.807) is 13.2 Å². The molecule has 1 fully saturated rings. The van der Waals surface area contributed by atoms with Crippen LogP contribution in [0.4, 0.5) is 0 Å². The van der Waals surface area contributed by atoms with E-state index in [0.717, 1.165) is 29.8 Å². The number of hydrogen-bond acceptors (Lipinski definition) is 7. The van der Waals surface area contributed by atoms with Gasteiger partial charge < -0.3 is 9.64 Å². The number of carbonyl (C=O) groups excluding carboxylic acids is 1. The topological polar surface area (TPSA) is 80.0 Å². The van der Waals surface area contributed by atoms with Gasteiger partial charge in [0.2, 0.25) is 4.96 Å². The highest BCUT2D eigenvalue weighted by Gasteiger charge is 2.23. The van der Waals surface area contributed by atoms with E-state index in [4.69, 9.17) is 9.72 Å². The molecule has 1 amide bonds. The van der Waals surface area contributed by atoms with Crippen molar-refractivity contribution in [3.8, 4) is 16.3 Å². The van der Waals surface area contributed by atoms with Gasteiger partial charge in [-0.25, -0.2) is 4.98 Å². The third kappa shape index (κ3) is 4.44. The van der Waals surface area contributed by atoms with Crippen molar-refractivity contribution in [2.45, 2.75) is 13.5 Å². The van der Waals surface area contributed by atoms with Gasteiger partial charge in [0.1, 0.15) is 5.75 Å². The Hall–Kier alpha value is -3.56. The fourth-order valence-electron chi connectivity index (χ4n) is 4.08. The minimum atomic E-state index is -0.203. The highest BCUT2D eigenvalue weighted by molar-refractivity contribution is 7.19. The molecule has 8 nitrogen and oxygen atoms in total. The van der Waals surface area contributed by atoms with Gasteiger partial charge in [-0.15, -0.1) is 0 Å². The van der Waals surface area contributed by atoms with Crippen molar-refractivity contribution in [1.82, 2.24) is 24.4 Å². The molecule has 0 N–H and O–H groups in total. The number of fused-ring (bicyclic) bond motifs is 1. The Kier molecular flexibility index (Phi) is 6.12. The smallest absolute Gasteiger partial charge is 0.275 e. The predicted molar refractivity (Wildman–Crippen MR) is 131 cm³/mol. The van der Waals surface area contributed by atoms with Crippen molar-refractivity contribution in [1.29, 1.82) is 0 Å². The molecular weight excluding hydrogens is 450 g/mol. The third-order valence-corrected chi connectivity index (χ3v) is 6.92. The molecule has 0 unspecified atom stereocenters. The first-order valence-electron chi connectivity index (χ1n) is 11.1. The number of rotatable bonds is 5. The van der Waals surface area contributed by atoms with Crippen LogP contribution >= 0.6 is 11.3 Å². The van der Waals surface area contributed by atoms with Gasteiger partial charge in [0.05, 0.1) is 18.4 Å². The van der Waals surface area contributed by atoms with Crippen molar-refractivity contribution in [3.05, 3.63) is 81.8 Å². The summed E-state index contributed by atoms with van der Waals surface area (Å²) in [7, 11) is 1.61. The Morgan fingerprint density at radius 1 is 1.06 bits per heavy atom. The number of nitrogens with zero attached hydrogens (tertiary/aromatic N) is 5. The lowest BCUT2D eigenvalue weighted by Crippen LogP contribution is -2.48. The Balaban J connectivity index is 1.29. The van der Waals surface area contributed by atoms with Crippen molar-refractivity contribution in [2.75, 3.05) is 33.3 Å². The molecule has 0 radical (unpaired) electrons. The summed E-state index contributed by atoms with van der Waals surface area (Å²) in [6.07, 6.45) is 0. The molecule has 3 heterocycles. The summed E-state index contributed by atoms with van der Waals surface area (Å²) in [4.78, 5) is 34.9. The van der Waals surface area contributed by atoms with Gasteiger partial charge in [0.15, 0.2) is 5.01 Å². The zero-order valence-electron chi connectivity index (χ0n) is 19.1. The van der Waals surface area contributed by atoms with Crippen molar-refractivity contribution in [2.24, 2.45) is 0 Å². The second kappa shape index (κ2) is 9.36. The Bertz CT molecular complexity index is 1390. The summed E-state index contributed by atoms with van der Waals surface area (Å²) in [5.74, 6) is 0.763. The maximum absolute atomic E-state index is 12.8. The zero-order valence-corrected chi connectivity index (χ0v) is 19.9. The van der Waals surface area contributed by atoms with Crippen LogP contribution in [0.5, 0.6) is 5.75 Å². The molecular formula is C25H25N5O3S. The second-order valence-electron chi connectivity index (χ2n) is 8.32. The van der Waals surface area contributed by atoms with E-state index >= 15 is 0 Å². The van der Waals surface area contributed by atoms with Crippen molar-refractivity contribution in [3.63, 3.8) is 0 Å². The fraction of sp³-hybridized carbons (Fsp3) is 0.280. The zero-order chi connectivity index (χ0) is 23.7. The van der Waals surface area contributed by atoms with Crippen LogP contribution in [0.15, 0.2) is 59.4 Å². The first kappa shape index (κ1) is 22.2. The van der Waals surface area contributed by atoms with E-state index in [9.17, 15) is 9.59 Å². The van der Waals surface area contributed by atoms with E-state index in [-0.39, 0.29) is 11.5 Å². The Morgan fingerprint density at radius 3 is 2.53 bits per heavy atom. The molecule has 0 bridgehead atoms. The molecule has 2 aromatic heterocycles. The van der Waals surface area contributed by atoms with Crippen LogP contribution in [0.2, 0.25) is 0 Å². The monoisotopic (exact) mass is 475 g/mol. The number of aryl methyl sites for hydroxylation is 1. The summed E-state index contributed by atoms with van der Waals surface area (Å²) < 4.78 is 6.77. The molecule has 2 aromatic carbocycles. The second-order valence-corrected chi connectivity index (χ2v) is 9.28. The van der Waals surface area contributed by atoms with Crippen LogP contribution in [0.1, 0.15) is 21.6 Å². The first-order chi connectivity index (χ1) is 16.5. The number of aromatic nitrogens is 3. The van der Waals surface area contributed by atoms with E-state index in [1.165, 1.54) is 15.9 Å². The number of para-hydroxylation sites is 1. The largest absolute Gasteiger partial charge is 0.496 e. The molecule has 5 rings (SSSR count). The van der Waals surface area contributed by atoms with Gasteiger partial charge in [-0.3, -0.25) is 14.5 Å². The highest BCUT2D eigenvalue weighted by Crippen LogP contribution is 2.32. The Labute approximate surface area is 201 Å². The maximum atomic E-state index is 12.8. The SMILES string of the molecule is COc1ccccc1-c1nn2c(=O)cc(CN3CCN(C(=O)c4ccc(C)cc4)CC3)nc2s1. The molecule has 174 valence electrons. The molecule has 0 atom stereocenters. The number of hydrogen-bond donors (Lipinski definition) is 0. The summed E-state index contributed by atoms with van der Waals surface area (Å²) in [6, 6.07) is 16.8. The van der Waals surface area contributed by atoms with Crippen LogP contribution < -0.4 is 10.3 Å². The van der Waals surface area contributed by atoms with E-state index < -0.39 is 0 Å². The van der Waals surface area contributed by atoms with Crippen LogP contribution in [-0.4, -0.2) is 63.6 Å². The van der Waals surface area contributed by atoms with E-state index in [0.29, 0.717) is 41.0 Å². The molecule has 0 spiro atoms. The van der Waals surface area contributed by atoms with E-state index in [2.05, 4.69) is 10.00 Å². The van der Waals surface area contributed by atoms with Crippen molar-refractivity contribution < 1.29 is 9.53 Å². The highest BCUT2D eigenvalue weighted by atomic mass is 32.1. The summed E-state index contributed by atoms with van der Waals surface area (Å²) in [6.45, 7) is 5.32. The number of benzene rings is 2. The van der Waals surface area contributed by atoms with Gasteiger partial charge in [0.25, 0.3) is 11.5 Å². The summed E-state index contributed by atoms with van der Waals surface area (Å²) in [5, 5.41) is 5.15. The molecule has 1 saturated heterocycles. The summed E-state index contributed by atoms with van der Waals surface area (Å²) >= 11 is 1.36. The van der Waals surface area contributed by atoms with Gasteiger partial charge >= 0.3 is 0 Å². The number of carbonyl (C=O) groups is 1. The molecule has 0 aliphatic carbocycles. The minimum absolute atomic E-state index is 0.0611. The number of amides is 1. The van der Waals surface area contributed by atoms with Gasteiger partial charge in [-0.2, -0.15) is 9.61 Å². The lowest BCUT2D eigenvalue weighted by Gasteiger charge is -2.34. The predicted octanol–water partition coefficient (Wildman–Crippen LogP) is 3.09. The summed E-state index contributed by atoms with van der Waals surface area (Å²) in [5.41, 5.74) is 3.19. The quantitative estimate of drug-likeness (QED) is 0.441. The lowest BCUT2D eigenvalue weighted by atomic mass is 10.1. The molecule has 1 aliphatic rings. The minimum Gasteiger partial charge on any atom is -0.496 e. The maximum Gasteiger partial charge on any atom is 0.275 e. The number of piperazine rings is 1. The average molecular weight is 476 g/mol. The average Bonchev–Trinajstić information content (AvgIpc) is 3.29. The third-order valence-electron chi connectivity index (χ3n) is 5.98. The van der Waals surface area contributed by atoms with Crippen LogP contribution in [0.3, 0.4) is 0 Å². The van der Waals surface area contributed by atoms with Gasteiger partial charge in [0, 0.05) is 44.4 Å². The van der Waals surface area contributed by atoms with Gasteiger partial charge in [-0.1, -0.05) is 41.2 Å². The van der Waals surface area contributed by atoms with E-state index in [1.807, 2.05) is 60.4 Å². The standard InChI is InChI=1S/C25H25N5O3S/c1-17-7-9-18(10-8-17)24(32)29-13-11-28(12-14-29)16-19-15-22(31)30-25(26-19)34-23(27-30)20-5-3-4-6-21(20)33-2/h3-10,15H,11-14,16H2,1-2H3. The molecule has 34 heavy (non-hydrogen) atoms. The molecule has 1 aliphatic heterocycles. The number of ether oxygens (including phenoxy) is 1. The normalized spacial score (nSPS) is 14.5. The van der Waals surface area contributed by atoms with Crippen molar-refractivity contribution >= 4 is 22.2 Å². The van der Waals surface area contributed by atoms with Gasteiger partial charge in [-0.05, 0) is 31.2 Å². The Morgan fingerprint density at radius 2 is 1.79 bits per heavy atom. The number of methoxy groups -OCH3 is 1. The molecule has 4 aromatic rings. The first-order valence-corrected chi connectivity index (χ1v) is 11.9.